The zero-order valence-electron chi connectivity index (χ0n) is 20.1. The number of alkyl halides is 1. The van der Waals surface area contributed by atoms with Crippen LogP contribution in [0.25, 0.3) is 0 Å². The molecule has 0 saturated carbocycles. The molecule has 0 bridgehead atoms. The van der Waals surface area contributed by atoms with E-state index in [-0.39, 0.29) is 5.75 Å². The molecule has 1 saturated heterocycles. The van der Waals surface area contributed by atoms with Crippen LogP contribution in [0.2, 0.25) is 0 Å². The third-order valence-corrected chi connectivity index (χ3v) is 6.90. The lowest BCUT2D eigenvalue weighted by molar-refractivity contribution is -0.149. The van der Waals surface area contributed by atoms with Gasteiger partial charge in [-0.2, -0.15) is 5.09 Å². The lowest BCUT2D eigenvalue weighted by Gasteiger charge is -2.25. The molecule has 198 valence electrons. The zero-order chi connectivity index (χ0) is 26.7. The van der Waals surface area contributed by atoms with Crippen molar-refractivity contribution < 1.29 is 37.4 Å². The number of hydrogen-bond acceptors (Lipinski definition) is 9. The van der Waals surface area contributed by atoms with Gasteiger partial charge in [0.2, 0.25) is 0 Å². The minimum Gasteiger partial charge on any atom is -0.462 e. The number of benzene rings is 1. The van der Waals surface area contributed by atoms with Crippen molar-refractivity contribution in [3.05, 3.63) is 63.4 Å². The molecule has 36 heavy (non-hydrogen) atoms. The Morgan fingerprint density at radius 1 is 1.28 bits per heavy atom. The first-order valence-electron chi connectivity index (χ1n) is 11.1. The number of ether oxygens (including phenoxy) is 2. The second-order valence-electron chi connectivity index (χ2n) is 8.67. The molecular weight excluding hydrogens is 500 g/mol. The Balaban J connectivity index is 1.80. The van der Waals surface area contributed by atoms with Crippen molar-refractivity contribution in [2.24, 2.45) is 0 Å². The summed E-state index contributed by atoms with van der Waals surface area (Å²) in [5.74, 6) is -0.560. The van der Waals surface area contributed by atoms with Crippen LogP contribution in [0.3, 0.4) is 0 Å². The number of aromatic nitrogens is 2. The van der Waals surface area contributed by atoms with Crippen molar-refractivity contribution in [1.29, 1.82) is 0 Å². The van der Waals surface area contributed by atoms with Gasteiger partial charge in [-0.05, 0) is 39.8 Å². The normalized spacial score (nSPS) is 26.4. The molecule has 1 aromatic heterocycles. The number of esters is 1. The summed E-state index contributed by atoms with van der Waals surface area (Å²) >= 11 is 0. The molecule has 6 atom stereocenters. The number of aliphatic hydroxyl groups is 1. The monoisotopic (exact) mass is 529 g/mol. The maximum Gasteiger partial charge on any atom is 0.459 e. The average Bonchev–Trinajstić information content (AvgIpc) is 3.01. The first-order valence-corrected chi connectivity index (χ1v) is 12.7. The van der Waals surface area contributed by atoms with E-state index in [1.165, 1.54) is 19.1 Å². The summed E-state index contributed by atoms with van der Waals surface area (Å²) in [6.07, 6.45) is -4.21. The van der Waals surface area contributed by atoms with Crippen LogP contribution in [0.15, 0.2) is 52.2 Å². The standard InChI is InChI=1S/C22H29FN3O9P/c1-13(2)33-19(29)14(3)25-36(31,35-15-8-6-5-7-9-15)32-12-16-18(28)22(4,23)20(34-16)26-11-10-17(27)24-21(26)30/h5-11,13-14,16,18,20,28H,12H2,1-4H3,(H,25,31)(H,24,27,30)/t14-,16-,18+,20+,22-,36?/m0/s1. The van der Waals surface area contributed by atoms with Crippen LogP contribution in [0, 0.1) is 0 Å². The summed E-state index contributed by atoms with van der Waals surface area (Å²) in [6, 6.07) is 7.86. The third-order valence-electron chi connectivity index (χ3n) is 5.26. The van der Waals surface area contributed by atoms with E-state index >= 15 is 4.39 Å². The summed E-state index contributed by atoms with van der Waals surface area (Å²) in [6.45, 7) is 5.07. The van der Waals surface area contributed by atoms with E-state index in [0.717, 1.165) is 23.8 Å². The number of carbonyl (C=O) groups is 1. The van der Waals surface area contributed by atoms with Gasteiger partial charge in [0.1, 0.15) is 24.0 Å². The molecule has 1 unspecified atom stereocenters. The Bertz CT molecular complexity index is 1220. The van der Waals surface area contributed by atoms with E-state index in [4.69, 9.17) is 18.5 Å². The molecule has 1 aliphatic rings. The number of aromatic amines is 1. The zero-order valence-corrected chi connectivity index (χ0v) is 21.0. The SMILES string of the molecule is CC(C)OC(=O)[C@H](C)NP(=O)(OC[C@@H]1O[C@@H](n2ccc(=O)[nH]c2=O)[C@@](C)(F)[C@@H]1O)Oc1ccccc1. The molecule has 0 aliphatic carbocycles. The van der Waals surface area contributed by atoms with Gasteiger partial charge in [-0.1, -0.05) is 18.2 Å². The maximum absolute atomic E-state index is 15.4. The van der Waals surface area contributed by atoms with Gasteiger partial charge in [0.05, 0.1) is 12.7 Å². The topological polar surface area (TPSA) is 158 Å². The van der Waals surface area contributed by atoms with Crippen LogP contribution >= 0.6 is 7.75 Å². The van der Waals surface area contributed by atoms with Crippen molar-refractivity contribution in [1.82, 2.24) is 14.6 Å². The van der Waals surface area contributed by atoms with Gasteiger partial charge >= 0.3 is 19.4 Å². The smallest absolute Gasteiger partial charge is 0.459 e. The van der Waals surface area contributed by atoms with E-state index in [2.05, 4.69) is 5.09 Å². The number of carbonyl (C=O) groups excluding carboxylic acids is 1. The van der Waals surface area contributed by atoms with Crippen LogP contribution in [0.4, 0.5) is 4.39 Å². The Kier molecular flexibility index (Phi) is 8.52. The highest BCUT2D eigenvalue weighted by molar-refractivity contribution is 7.52. The number of H-pyrrole nitrogens is 1. The number of halogens is 1. The van der Waals surface area contributed by atoms with E-state index in [0.29, 0.717) is 0 Å². The fourth-order valence-corrected chi connectivity index (χ4v) is 4.97. The Morgan fingerprint density at radius 3 is 2.56 bits per heavy atom. The van der Waals surface area contributed by atoms with Gasteiger partial charge in [-0.3, -0.25) is 23.7 Å². The molecule has 2 aromatic rings. The molecule has 1 fully saturated rings. The predicted octanol–water partition coefficient (Wildman–Crippen LogP) is 1.66. The van der Waals surface area contributed by atoms with E-state index in [1.54, 1.807) is 32.0 Å². The number of nitrogens with zero attached hydrogens (tertiary/aromatic N) is 1. The number of rotatable bonds is 10. The van der Waals surface area contributed by atoms with Crippen molar-refractivity contribution in [2.45, 2.75) is 63.9 Å². The van der Waals surface area contributed by atoms with Crippen molar-refractivity contribution in [2.75, 3.05) is 6.61 Å². The molecule has 12 nitrogen and oxygen atoms in total. The molecule has 3 rings (SSSR count). The van der Waals surface area contributed by atoms with E-state index in [9.17, 15) is 24.1 Å². The number of para-hydroxylation sites is 1. The summed E-state index contributed by atoms with van der Waals surface area (Å²) < 4.78 is 51.4. The molecule has 0 amide bonds. The summed E-state index contributed by atoms with van der Waals surface area (Å²) in [7, 11) is -4.30. The molecule has 0 radical (unpaired) electrons. The lowest BCUT2D eigenvalue weighted by atomic mass is 9.98. The quantitative estimate of drug-likeness (QED) is 0.305. The van der Waals surface area contributed by atoms with Gasteiger partial charge in [0.15, 0.2) is 11.9 Å². The maximum atomic E-state index is 15.4. The van der Waals surface area contributed by atoms with Crippen molar-refractivity contribution in [3.8, 4) is 5.75 Å². The minimum atomic E-state index is -4.30. The Hall–Kier alpha value is -2.83. The van der Waals surface area contributed by atoms with Crippen LogP contribution < -0.4 is 20.9 Å². The molecule has 1 aliphatic heterocycles. The average molecular weight is 529 g/mol. The second-order valence-corrected chi connectivity index (χ2v) is 10.4. The fraction of sp³-hybridized carbons (Fsp3) is 0.500. The molecule has 3 N–H and O–H groups in total. The number of hydrogen-bond donors (Lipinski definition) is 3. The molecular formula is C22H29FN3O9P. The van der Waals surface area contributed by atoms with Gasteiger partial charge in [-0.15, -0.1) is 0 Å². The first kappa shape index (κ1) is 27.8. The molecule has 2 heterocycles. The van der Waals surface area contributed by atoms with Crippen molar-refractivity contribution >= 4 is 13.7 Å². The van der Waals surface area contributed by atoms with Crippen LogP contribution in [-0.4, -0.2) is 57.3 Å². The van der Waals surface area contributed by atoms with E-state index in [1.807, 2.05) is 4.98 Å². The second kappa shape index (κ2) is 11.1. The molecule has 14 heteroatoms. The molecule has 1 aromatic carbocycles. The highest BCUT2D eigenvalue weighted by atomic mass is 31.2. The van der Waals surface area contributed by atoms with Gasteiger partial charge in [-0.25, -0.2) is 13.8 Å². The van der Waals surface area contributed by atoms with Gasteiger partial charge in [0.25, 0.3) is 5.56 Å². The molecule has 0 spiro atoms. The minimum absolute atomic E-state index is 0.152. The highest BCUT2D eigenvalue weighted by Gasteiger charge is 2.55. The summed E-state index contributed by atoms with van der Waals surface area (Å²) in [4.78, 5) is 37.7. The third kappa shape index (κ3) is 6.48. The fourth-order valence-electron chi connectivity index (χ4n) is 3.47. The first-order chi connectivity index (χ1) is 16.8. The summed E-state index contributed by atoms with van der Waals surface area (Å²) in [5.41, 5.74) is -4.12. The predicted molar refractivity (Wildman–Crippen MR) is 125 cm³/mol. The Morgan fingerprint density at radius 2 is 1.94 bits per heavy atom. The summed E-state index contributed by atoms with van der Waals surface area (Å²) in [5, 5.41) is 13.0. The lowest BCUT2D eigenvalue weighted by Crippen LogP contribution is -2.43. The Labute approximate surface area is 205 Å². The largest absolute Gasteiger partial charge is 0.462 e. The van der Waals surface area contributed by atoms with E-state index < -0.39 is 67.8 Å². The number of aliphatic hydroxyl groups excluding tert-OH is 1. The highest BCUT2D eigenvalue weighted by Crippen LogP contribution is 2.47. The van der Waals surface area contributed by atoms with Gasteiger partial charge in [0, 0.05) is 12.3 Å². The van der Waals surface area contributed by atoms with Crippen molar-refractivity contribution in [3.63, 3.8) is 0 Å². The van der Waals surface area contributed by atoms with Gasteiger partial charge < -0.3 is 19.1 Å². The van der Waals surface area contributed by atoms with Crippen LogP contribution in [0.5, 0.6) is 5.75 Å². The van der Waals surface area contributed by atoms with Crippen LogP contribution in [0.1, 0.15) is 33.9 Å². The number of nitrogens with one attached hydrogen (secondary N) is 2. The van der Waals surface area contributed by atoms with Crippen LogP contribution in [-0.2, 0) is 23.4 Å².